The summed E-state index contributed by atoms with van der Waals surface area (Å²) in [6, 6.07) is 0. The lowest BCUT2D eigenvalue weighted by atomic mass is 9.73. The summed E-state index contributed by atoms with van der Waals surface area (Å²) in [5.41, 5.74) is -0.276. The van der Waals surface area contributed by atoms with Gasteiger partial charge in [-0.1, -0.05) is 40.3 Å². The average molecular weight is 398 g/mol. The molecule has 0 aromatic heterocycles. The van der Waals surface area contributed by atoms with E-state index in [0.29, 0.717) is 13.0 Å². The van der Waals surface area contributed by atoms with E-state index in [1.807, 2.05) is 6.08 Å². The number of allylic oxidation sites excluding steroid dienone is 3. The number of hydrogen-bond donors (Lipinski definition) is 4. The summed E-state index contributed by atoms with van der Waals surface area (Å²) in [5.74, 6) is -3.61. The number of hydrogen-bond acceptors (Lipinski definition) is 7. The van der Waals surface area contributed by atoms with Gasteiger partial charge in [0.15, 0.2) is 17.9 Å². The summed E-state index contributed by atoms with van der Waals surface area (Å²) < 4.78 is 11.1. The van der Waals surface area contributed by atoms with Crippen molar-refractivity contribution in [2.24, 2.45) is 22.7 Å². The first-order chi connectivity index (χ1) is 12.9. The third-order valence-electron chi connectivity index (χ3n) is 5.83. The molecule has 2 fully saturated rings. The van der Waals surface area contributed by atoms with Crippen molar-refractivity contribution < 1.29 is 34.7 Å². The van der Waals surface area contributed by atoms with Gasteiger partial charge in [0.2, 0.25) is 0 Å². The lowest BCUT2D eigenvalue weighted by molar-refractivity contribution is -0.438. The number of fused-ring (bicyclic) bond motifs is 1. The van der Waals surface area contributed by atoms with Crippen molar-refractivity contribution in [2.45, 2.75) is 64.8 Å². The quantitative estimate of drug-likeness (QED) is 0.408. The van der Waals surface area contributed by atoms with Crippen molar-refractivity contribution in [3.05, 3.63) is 24.8 Å². The first kappa shape index (κ1) is 23.2. The van der Waals surface area contributed by atoms with Crippen LogP contribution in [0.25, 0.3) is 0 Å². The van der Waals surface area contributed by atoms with Crippen LogP contribution in [-0.4, -0.2) is 63.7 Å². The molecular weight excluding hydrogens is 364 g/mol. The SMILES string of the molecule is C=CC(=O)C=CC(C)(C)CC(C)(C)CCOC1OC2(O)C(CO)C(O)C(O)C12. The van der Waals surface area contributed by atoms with Crippen molar-refractivity contribution >= 4 is 5.78 Å². The number of aliphatic hydroxyl groups is 4. The van der Waals surface area contributed by atoms with Crippen molar-refractivity contribution in [1.29, 1.82) is 0 Å². The molecule has 160 valence electrons. The monoisotopic (exact) mass is 398 g/mol. The van der Waals surface area contributed by atoms with Gasteiger partial charge in [0, 0.05) is 0 Å². The van der Waals surface area contributed by atoms with Gasteiger partial charge in [-0.25, -0.2) is 0 Å². The van der Waals surface area contributed by atoms with E-state index in [0.717, 1.165) is 6.42 Å². The predicted molar refractivity (Wildman–Crippen MR) is 103 cm³/mol. The molecule has 0 bridgehead atoms. The first-order valence-electron chi connectivity index (χ1n) is 9.71. The third kappa shape index (κ3) is 4.72. The fourth-order valence-electron chi connectivity index (χ4n) is 4.48. The number of aliphatic hydroxyl groups excluding tert-OH is 3. The summed E-state index contributed by atoms with van der Waals surface area (Å²) in [6.07, 6.45) is 2.94. The zero-order chi connectivity index (χ0) is 21.3. The molecule has 1 heterocycles. The molecule has 0 radical (unpaired) electrons. The van der Waals surface area contributed by atoms with E-state index in [4.69, 9.17) is 9.47 Å². The highest BCUT2D eigenvalue weighted by molar-refractivity contribution is 5.98. The van der Waals surface area contributed by atoms with E-state index in [2.05, 4.69) is 34.3 Å². The van der Waals surface area contributed by atoms with Crippen LogP contribution < -0.4 is 0 Å². The van der Waals surface area contributed by atoms with Gasteiger partial charge in [-0.2, -0.15) is 0 Å². The smallest absolute Gasteiger partial charge is 0.186 e. The van der Waals surface area contributed by atoms with Gasteiger partial charge < -0.3 is 29.9 Å². The zero-order valence-corrected chi connectivity index (χ0v) is 17.2. The van der Waals surface area contributed by atoms with Crippen LogP contribution in [0.5, 0.6) is 0 Å². The molecule has 6 unspecified atom stereocenters. The molecule has 28 heavy (non-hydrogen) atoms. The molecular formula is C21H34O7. The number of carbonyl (C=O) groups is 1. The molecule has 1 aliphatic carbocycles. The summed E-state index contributed by atoms with van der Waals surface area (Å²) in [5, 5.41) is 39.9. The Morgan fingerprint density at radius 2 is 1.89 bits per heavy atom. The Bertz CT molecular complexity index is 612. The van der Waals surface area contributed by atoms with Gasteiger partial charge in [0.1, 0.15) is 0 Å². The molecule has 7 nitrogen and oxygen atoms in total. The minimum atomic E-state index is -1.75. The highest BCUT2D eigenvalue weighted by Gasteiger charge is 2.71. The zero-order valence-electron chi connectivity index (χ0n) is 17.2. The second-order valence-electron chi connectivity index (χ2n) is 9.42. The fourth-order valence-corrected chi connectivity index (χ4v) is 4.48. The Balaban J connectivity index is 1.85. The van der Waals surface area contributed by atoms with Gasteiger partial charge in [-0.3, -0.25) is 4.79 Å². The molecule has 4 N–H and O–H groups in total. The van der Waals surface area contributed by atoms with Gasteiger partial charge in [0.25, 0.3) is 0 Å². The van der Waals surface area contributed by atoms with Crippen molar-refractivity contribution in [3.63, 3.8) is 0 Å². The van der Waals surface area contributed by atoms with E-state index in [-0.39, 0.29) is 16.6 Å². The van der Waals surface area contributed by atoms with Crippen LogP contribution in [-0.2, 0) is 14.3 Å². The standard InChI is InChI=1S/C21H34O7/c1-6-13(23)7-8-19(2,3)12-20(4,5)9-10-27-18-15-17(25)16(24)14(11-22)21(15,26)28-18/h6-8,14-18,22,24-26H,1,9-12H2,2-5H3. The van der Waals surface area contributed by atoms with Crippen LogP contribution in [0.3, 0.4) is 0 Å². The van der Waals surface area contributed by atoms with Crippen LogP contribution in [0.1, 0.15) is 40.5 Å². The van der Waals surface area contributed by atoms with Gasteiger partial charge in [-0.15, -0.1) is 0 Å². The molecule has 0 spiro atoms. The van der Waals surface area contributed by atoms with E-state index < -0.39 is 42.7 Å². The second-order valence-corrected chi connectivity index (χ2v) is 9.42. The van der Waals surface area contributed by atoms with Crippen LogP contribution in [0.2, 0.25) is 0 Å². The molecule has 0 aromatic carbocycles. The Labute approximate surface area is 166 Å². The topological polar surface area (TPSA) is 116 Å². The molecule has 1 saturated carbocycles. The molecule has 1 aliphatic heterocycles. The number of ether oxygens (including phenoxy) is 2. The maximum Gasteiger partial charge on any atom is 0.186 e. The normalized spacial score (nSPS) is 35.6. The van der Waals surface area contributed by atoms with E-state index in [1.54, 1.807) is 0 Å². The minimum absolute atomic E-state index is 0.0907. The molecule has 7 heteroatoms. The fraction of sp³-hybridized carbons (Fsp3) is 0.762. The molecule has 2 aliphatic rings. The maximum absolute atomic E-state index is 11.4. The highest BCUT2D eigenvalue weighted by atomic mass is 16.8. The first-order valence-corrected chi connectivity index (χ1v) is 9.71. The molecule has 2 rings (SSSR count). The number of rotatable bonds is 10. The van der Waals surface area contributed by atoms with Crippen LogP contribution in [0.15, 0.2) is 24.8 Å². The van der Waals surface area contributed by atoms with Crippen LogP contribution in [0, 0.1) is 22.7 Å². The highest BCUT2D eigenvalue weighted by Crippen LogP contribution is 2.53. The van der Waals surface area contributed by atoms with E-state index >= 15 is 0 Å². The van der Waals surface area contributed by atoms with Crippen LogP contribution >= 0.6 is 0 Å². The lowest BCUT2D eigenvalue weighted by Gasteiger charge is -2.49. The average Bonchev–Trinajstić information content (AvgIpc) is 2.71. The summed E-state index contributed by atoms with van der Waals surface area (Å²) in [4.78, 5) is 11.4. The Hall–Kier alpha value is -1.09. The van der Waals surface area contributed by atoms with E-state index in [9.17, 15) is 25.2 Å². The van der Waals surface area contributed by atoms with Gasteiger partial charge in [-0.05, 0) is 35.8 Å². The Morgan fingerprint density at radius 3 is 2.46 bits per heavy atom. The van der Waals surface area contributed by atoms with E-state index in [1.165, 1.54) is 12.2 Å². The van der Waals surface area contributed by atoms with Crippen molar-refractivity contribution in [3.8, 4) is 0 Å². The van der Waals surface area contributed by atoms with Gasteiger partial charge >= 0.3 is 0 Å². The molecule has 0 aromatic rings. The van der Waals surface area contributed by atoms with Gasteiger partial charge in [0.05, 0.1) is 37.3 Å². The molecule has 1 saturated heterocycles. The third-order valence-corrected chi connectivity index (χ3v) is 5.83. The lowest BCUT2D eigenvalue weighted by Crippen LogP contribution is -2.63. The molecule has 0 amide bonds. The number of carbonyl (C=O) groups excluding carboxylic acids is 1. The van der Waals surface area contributed by atoms with Crippen molar-refractivity contribution in [2.75, 3.05) is 13.2 Å². The minimum Gasteiger partial charge on any atom is -0.396 e. The number of ketones is 1. The molecule has 6 atom stereocenters. The maximum atomic E-state index is 11.4. The predicted octanol–water partition coefficient (Wildman–Crippen LogP) is 1.15. The second kappa shape index (κ2) is 8.34. The summed E-state index contributed by atoms with van der Waals surface area (Å²) in [6.45, 7) is 11.7. The Morgan fingerprint density at radius 1 is 1.25 bits per heavy atom. The largest absolute Gasteiger partial charge is 0.396 e. The summed E-state index contributed by atoms with van der Waals surface area (Å²) >= 11 is 0. The Kier molecular flexibility index (Phi) is 6.91. The van der Waals surface area contributed by atoms with Crippen LogP contribution in [0.4, 0.5) is 0 Å². The summed E-state index contributed by atoms with van der Waals surface area (Å²) in [7, 11) is 0. The van der Waals surface area contributed by atoms with Crippen molar-refractivity contribution in [1.82, 2.24) is 0 Å².